The second-order valence-corrected chi connectivity index (χ2v) is 11.0. The van der Waals surface area contributed by atoms with Crippen LogP contribution in [-0.2, 0) is 0 Å². The summed E-state index contributed by atoms with van der Waals surface area (Å²) in [6, 6.07) is 5.43. The molecule has 5 aromatic rings. The van der Waals surface area contributed by atoms with Gasteiger partial charge in [0.25, 0.3) is 0 Å². The first-order valence-corrected chi connectivity index (χ1v) is 12.9. The third-order valence-corrected chi connectivity index (χ3v) is 5.03. The summed E-state index contributed by atoms with van der Waals surface area (Å²) >= 11 is 0. The van der Waals surface area contributed by atoms with E-state index in [1.165, 1.54) is 6.20 Å². The van der Waals surface area contributed by atoms with E-state index in [1.807, 2.05) is 50.4 Å². The predicted octanol–water partition coefficient (Wildman–Crippen LogP) is 5.54. The van der Waals surface area contributed by atoms with E-state index in [0.29, 0.717) is 11.4 Å². The summed E-state index contributed by atoms with van der Waals surface area (Å²) in [5.41, 5.74) is 10.2. The van der Waals surface area contributed by atoms with Gasteiger partial charge in [-0.15, -0.1) is 0 Å². The Kier molecular flexibility index (Phi) is 11.3. The second-order valence-electron chi connectivity index (χ2n) is 11.0. The molecule has 0 saturated carbocycles. The Balaban J connectivity index is 0.000000229. The van der Waals surface area contributed by atoms with E-state index >= 15 is 0 Å². The van der Waals surface area contributed by atoms with Gasteiger partial charge >= 0.3 is 0 Å². The Hall–Kier alpha value is -5.05. The molecule has 0 aliphatic heterocycles. The minimum absolute atomic E-state index is 0.0639. The van der Waals surface area contributed by atoms with Crippen molar-refractivity contribution in [2.45, 2.75) is 66.5 Å². The first kappa shape index (κ1) is 32.2. The zero-order chi connectivity index (χ0) is 30.6. The average molecular weight is 558 g/mol. The maximum Gasteiger partial charge on any atom is 0.224 e. The first-order valence-electron chi connectivity index (χ1n) is 12.9. The number of nitrogens with one attached hydrogen (secondary N) is 3. The Morgan fingerprint density at radius 1 is 1.00 bits per heavy atom. The molecule has 0 bridgehead atoms. The zero-order valence-electron chi connectivity index (χ0n) is 24.9. The van der Waals surface area contributed by atoms with Crippen molar-refractivity contribution in [3.8, 4) is 11.3 Å². The average Bonchev–Trinajstić information content (AvgIpc) is 3.62. The van der Waals surface area contributed by atoms with Gasteiger partial charge in [-0.3, -0.25) is 24.4 Å². The SMILES string of the molecule is Cc1[nH]ncc1-c1nc2cnccn2c1NC(C)(C)C.Cc1[nH]ncc1C=O.Nc1ccccn1.[C-]#[N+]C(C)(C)C. The Bertz CT molecular complexity index is 1550. The molecule has 0 saturated heterocycles. The van der Waals surface area contributed by atoms with Crippen molar-refractivity contribution < 1.29 is 4.79 Å². The summed E-state index contributed by atoms with van der Waals surface area (Å²) in [6.45, 7) is 22.3. The van der Waals surface area contributed by atoms with Crippen molar-refractivity contribution in [3.05, 3.63) is 83.7 Å². The van der Waals surface area contributed by atoms with Crippen LogP contribution in [-0.4, -0.2) is 57.1 Å². The van der Waals surface area contributed by atoms with E-state index in [2.05, 4.69) is 66.3 Å². The number of imidazole rings is 1. The van der Waals surface area contributed by atoms with Gasteiger partial charge in [-0.25, -0.2) is 16.5 Å². The van der Waals surface area contributed by atoms with Crippen molar-refractivity contribution in [3.63, 3.8) is 0 Å². The molecule has 0 unspecified atom stereocenters. The lowest BCUT2D eigenvalue weighted by atomic mass is 10.1. The maximum atomic E-state index is 10.0. The molecule has 12 nitrogen and oxygen atoms in total. The molecule has 0 atom stereocenters. The summed E-state index contributed by atoms with van der Waals surface area (Å²) in [4.78, 5) is 25.9. The van der Waals surface area contributed by atoms with Gasteiger partial charge < -0.3 is 15.9 Å². The molecular formula is C29H39N11O. The molecule has 5 aromatic heterocycles. The molecule has 0 aliphatic carbocycles. The fourth-order valence-corrected chi connectivity index (χ4v) is 3.01. The molecule has 0 aliphatic rings. The number of rotatable bonds is 3. The number of nitrogen functional groups attached to an aromatic ring is 1. The number of anilines is 2. The molecule has 216 valence electrons. The fourth-order valence-electron chi connectivity index (χ4n) is 3.01. The number of aldehydes is 1. The van der Waals surface area contributed by atoms with Crippen LogP contribution < -0.4 is 11.1 Å². The van der Waals surface area contributed by atoms with E-state index in [0.717, 1.165) is 40.4 Å². The standard InChI is InChI=1S/C14H18N6.C5H6N2O.C5H6N2.C5H9N/c1-9-10(7-16-19-9)12-13(18-14(2,3)4)20-6-5-15-8-11(20)17-12;1-4-5(3-8)2-6-7-4;6-5-3-1-2-4-7-5;1-5(2,3)6-4/h5-8,18H,1-4H3,(H,16,19);2-3H,1H3,(H,6,7);1-4H,(H2,6,7);1-3H3. The quantitative estimate of drug-likeness (QED) is 0.166. The molecule has 0 amide bonds. The smallest absolute Gasteiger partial charge is 0.224 e. The highest BCUT2D eigenvalue weighted by Gasteiger charge is 2.20. The van der Waals surface area contributed by atoms with E-state index in [-0.39, 0.29) is 11.1 Å². The fraction of sp³-hybridized carbons (Fsp3) is 0.345. The van der Waals surface area contributed by atoms with Crippen molar-refractivity contribution in [1.82, 2.24) is 39.7 Å². The summed E-state index contributed by atoms with van der Waals surface area (Å²) in [5, 5.41) is 16.8. The molecule has 0 aromatic carbocycles. The summed E-state index contributed by atoms with van der Waals surface area (Å²) in [5.74, 6) is 1.53. The van der Waals surface area contributed by atoms with Gasteiger partial charge in [-0.05, 0) is 46.8 Å². The van der Waals surface area contributed by atoms with Gasteiger partial charge in [0.05, 0.1) is 24.2 Å². The van der Waals surface area contributed by atoms with Gasteiger partial charge in [0.1, 0.15) is 17.3 Å². The largest absolute Gasteiger partial charge is 0.384 e. The highest BCUT2D eigenvalue weighted by molar-refractivity contribution is 5.77. The monoisotopic (exact) mass is 557 g/mol. The Morgan fingerprint density at radius 2 is 1.66 bits per heavy atom. The van der Waals surface area contributed by atoms with Crippen LogP contribution >= 0.6 is 0 Å². The number of nitrogens with two attached hydrogens (primary N) is 1. The summed E-state index contributed by atoms with van der Waals surface area (Å²) < 4.78 is 2.01. The molecule has 0 fully saturated rings. The van der Waals surface area contributed by atoms with Gasteiger partial charge in [-0.1, -0.05) is 6.07 Å². The molecule has 5 rings (SSSR count). The van der Waals surface area contributed by atoms with Crippen LogP contribution in [0, 0.1) is 20.4 Å². The van der Waals surface area contributed by atoms with Gasteiger partial charge in [-0.2, -0.15) is 10.2 Å². The first-order chi connectivity index (χ1) is 19.3. The summed E-state index contributed by atoms with van der Waals surface area (Å²) in [6.07, 6.45) is 11.2. The van der Waals surface area contributed by atoms with E-state index < -0.39 is 0 Å². The maximum absolute atomic E-state index is 10.0. The van der Waals surface area contributed by atoms with Gasteiger partial charge in [0.2, 0.25) is 5.54 Å². The molecule has 0 radical (unpaired) electrons. The lowest BCUT2D eigenvalue weighted by Gasteiger charge is -2.22. The minimum atomic E-state index is -0.167. The molecular weight excluding hydrogens is 518 g/mol. The van der Waals surface area contributed by atoms with Crippen molar-refractivity contribution in [1.29, 1.82) is 0 Å². The molecule has 5 heterocycles. The van der Waals surface area contributed by atoms with E-state index in [9.17, 15) is 4.79 Å². The van der Waals surface area contributed by atoms with Crippen LogP contribution in [0.1, 0.15) is 63.3 Å². The number of hydrogen-bond donors (Lipinski definition) is 4. The number of nitrogens with zero attached hydrogens (tertiary/aromatic N) is 7. The molecule has 5 N–H and O–H groups in total. The second kappa shape index (κ2) is 14.4. The van der Waals surface area contributed by atoms with Gasteiger partial charge in [0, 0.05) is 61.9 Å². The number of pyridine rings is 1. The molecule has 41 heavy (non-hydrogen) atoms. The van der Waals surface area contributed by atoms with Crippen LogP contribution in [0.15, 0.2) is 55.4 Å². The van der Waals surface area contributed by atoms with Crippen LogP contribution in [0.5, 0.6) is 0 Å². The van der Waals surface area contributed by atoms with Crippen LogP contribution in [0.25, 0.3) is 21.7 Å². The lowest BCUT2D eigenvalue weighted by Crippen LogP contribution is -2.27. The van der Waals surface area contributed by atoms with Crippen LogP contribution in [0.4, 0.5) is 11.6 Å². The lowest BCUT2D eigenvalue weighted by molar-refractivity contribution is 0.112. The third-order valence-electron chi connectivity index (χ3n) is 5.03. The number of H-pyrrole nitrogens is 2. The van der Waals surface area contributed by atoms with Gasteiger partial charge in [0.15, 0.2) is 11.9 Å². The van der Waals surface area contributed by atoms with E-state index in [1.54, 1.807) is 37.8 Å². The molecule has 12 heteroatoms. The third kappa shape index (κ3) is 10.6. The number of carbonyl (C=O) groups is 1. The normalized spacial score (nSPS) is 10.6. The Morgan fingerprint density at radius 3 is 2.07 bits per heavy atom. The highest BCUT2D eigenvalue weighted by Crippen LogP contribution is 2.31. The van der Waals surface area contributed by atoms with E-state index in [4.69, 9.17) is 12.3 Å². The predicted molar refractivity (Wildman–Crippen MR) is 162 cm³/mol. The minimum Gasteiger partial charge on any atom is -0.384 e. The number of aromatic nitrogens is 8. The number of aryl methyl sites for hydroxylation is 2. The van der Waals surface area contributed by atoms with Crippen LogP contribution in [0.3, 0.4) is 0 Å². The molecule has 0 spiro atoms. The van der Waals surface area contributed by atoms with Crippen molar-refractivity contribution in [2.75, 3.05) is 11.1 Å². The van der Waals surface area contributed by atoms with Crippen LogP contribution in [0.2, 0.25) is 0 Å². The Labute approximate surface area is 240 Å². The van der Waals surface area contributed by atoms with Crippen molar-refractivity contribution >= 4 is 23.6 Å². The number of fused-ring (bicyclic) bond motifs is 1. The van der Waals surface area contributed by atoms with Crippen molar-refractivity contribution in [2.24, 2.45) is 0 Å². The number of aromatic amines is 2. The number of carbonyl (C=O) groups excluding carboxylic acids is 1. The summed E-state index contributed by atoms with van der Waals surface area (Å²) in [7, 11) is 0. The highest BCUT2D eigenvalue weighted by atomic mass is 16.1. The number of hydrogen-bond acceptors (Lipinski definition) is 8. The topological polar surface area (TPSA) is 160 Å². The zero-order valence-corrected chi connectivity index (χ0v) is 24.9.